The van der Waals surface area contributed by atoms with E-state index in [1.165, 1.54) is 24.3 Å². The number of alkyl carbamates (subject to hydrolysis) is 1. The van der Waals surface area contributed by atoms with E-state index >= 15 is 0 Å². The zero-order valence-corrected chi connectivity index (χ0v) is 19.7. The van der Waals surface area contributed by atoms with Gasteiger partial charge in [0.25, 0.3) is 20.0 Å². The Balaban J connectivity index is 1.91. The number of primary sulfonamides is 1. The molecule has 0 aliphatic rings. The first-order valence-corrected chi connectivity index (χ1v) is 12.8. The van der Waals surface area contributed by atoms with Crippen LogP contribution in [-0.2, 0) is 29.6 Å². The molecule has 0 aliphatic carbocycles. The second-order valence-electron chi connectivity index (χ2n) is 7.27. The number of carbonyl (C=O) groups is 2. The average molecular weight is 507 g/mol. The van der Waals surface area contributed by atoms with Crippen LogP contribution in [0.4, 0.5) is 15.6 Å². The molecule has 1 heterocycles. The first-order valence-electron chi connectivity index (χ1n) is 8.92. The number of nitrogens with zero attached hydrogens (tertiary/aromatic N) is 2. The summed E-state index contributed by atoms with van der Waals surface area (Å²) in [5.41, 5.74) is -0.317. The van der Waals surface area contributed by atoms with Crippen molar-refractivity contribution in [1.82, 2.24) is 15.5 Å². The predicted molar refractivity (Wildman–Crippen MR) is 116 cm³/mol. The van der Waals surface area contributed by atoms with Gasteiger partial charge < -0.3 is 15.4 Å². The Hall–Kier alpha value is -2.82. The number of nitrogens with two attached hydrogens (primary N) is 1. The second kappa shape index (κ2) is 9.76. The van der Waals surface area contributed by atoms with Gasteiger partial charge in [-0.2, -0.15) is 0 Å². The lowest BCUT2D eigenvalue weighted by Gasteiger charge is -2.19. The number of hydrogen-bond donors (Lipinski definition) is 4. The summed E-state index contributed by atoms with van der Waals surface area (Å²) in [6.45, 7) is 5.20. The standard InChI is InChI=1S/C16H22N6O7S3/c1-16(2,3)29-14(24)18-9-8-12(23)19-10-4-6-11(7-5-10)32(27,28)22-13-20-21-15(30-13)31(17,25)26/h4-7H,8-9H2,1-3H3,(H,18,24)(H,19,23)(H,20,22)(H2,17,25,26). The first kappa shape index (κ1) is 25.4. The third-order valence-electron chi connectivity index (χ3n) is 3.34. The molecule has 13 nitrogen and oxygen atoms in total. The Morgan fingerprint density at radius 2 is 1.72 bits per heavy atom. The van der Waals surface area contributed by atoms with Gasteiger partial charge in [0.1, 0.15) is 5.60 Å². The Kier molecular flexibility index (Phi) is 7.76. The van der Waals surface area contributed by atoms with Crippen LogP contribution in [0.15, 0.2) is 33.5 Å². The summed E-state index contributed by atoms with van der Waals surface area (Å²) in [4.78, 5) is 23.4. The molecule has 0 bridgehead atoms. The maximum absolute atomic E-state index is 12.4. The number of nitrogens with one attached hydrogen (secondary N) is 3. The largest absolute Gasteiger partial charge is 0.444 e. The van der Waals surface area contributed by atoms with Crippen LogP contribution in [0.3, 0.4) is 0 Å². The lowest BCUT2D eigenvalue weighted by Crippen LogP contribution is -2.34. The number of aromatic nitrogens is 2. The zero-order chi connectivity index (χ0) is 24.2. The maximum Gasteiger partial charge on any atom is 0.407 e. The smallest absolute Gasteiger partial charge is 0.407 e. The van der Waals surface area contributed by atoms with Gasteiger partial charge in [0.15, 0.2) is 0 Å². The molecule has 1 aromatic carbocycles. The minimum atomic E-state index is -4.10. The van der Waals surface area contributed by atoms with E-state index in [9.17, 15) is 26.4 Å². The van der Waals surface area contributed by atoms with Crippen molar-refractivity contribution in [2.75, 3.05) is 16.6 Å². The molecule has 16 heteroatoms. The van der Waals surface area contributed by atoms with E-state index in [4.69, 9.17) is 9.88 Å². The fourth-order valence-electron chi connectivity index (χ4n) is 2.07. The van der Waals surface area contributed by atoms with E-state index in [0.717, 1.165) is 0 Å². The van der Waals surface area contributed by atoms with E-state index in [1.807, 2.05) is 0 Å². The third-order valence-corrected chi connectivity index (χ3v) is 6.97. The minimum Gasteiger partial charge on any atom is -0.444 e. The molecule has 0 saturated carbocycles. The zero-order valence-electron chi connectivity index (χ0n) is 17.3. The highest BCUT2D eigenvalue weighted by molar-refractivity contribution is 7.93. The van der Waals surface area contributed by atoms with Gasteiger partial charge in [-0.3, -0.25) is 9.52 Å². The molecule has 2 rings (SSSR count). The summed E-state index contributed by atoms with van der Waals surface area (Å²) < 4.78 is 53.9. The van der Waals surface area contributed by atoms with E-state index in [1.54, 1.807) is 20.8 Å². The number of rotatable bonds is 8. The van der Waals surface area contributed by atoms with Crippen molar-refractivity contribution in [3.05, 3.63) is 24.3 Å². The van der Waals surface area contributed by atoms with Gasteiger partial charge in [-0.25, -0.2) is 26.8 Å². The highest BCUT2D eigenvalue weighted by atomic mass is 32.2. The Bertz CT molecular complexity index is 1190. The van der Waals surface area contributed by atoms with Crippen LogP contribution >= 0.6 is 11.3 Å². The van der Waals surface area contributed by atoms with Crippen molar-refractivity contribution in [3.8, 4) is 0 Å². The number of hydrogen-bond acceptors (Lipinski definition) is 10. The lowest BCUT2D eigenvalue weighted by molar-refractivity contribution is -0.116. The van der Waals surface area contributed by atoms with E-state index in [0.29, 0.717) is 17.0 Å². The van der Waals surface area contributed by atoms with Crippen molar-refractivity contribution < 1.29 is 31.2 Å². The number of carbonyl (C=O) groups excluding carboxylic acids is 2. The normalized spacial score (nSPS) is 12.1. The summed E-state index contributed by atoms with van der Waals surface area (Å²) in [6, 6.07) is 5.20. The second-order valence-corrected chi connectivity index (χ2v) is 11.7. The lowest BCUT2D eigenvalue weighted by atomic mass is 10.2. The van der Waals surface area contributed by atoms with Crippen molar-refractivity contribution in [2.45, 2.75) is 42.0 Å². The van der Waals surface area contributed by atoms with Crippen molar-refractivity contribution in [3.63, 3.8) is 0 Å². The molecule has 0 unspecified atom stereocenters. The molecule has 1 aromatic heterocycles. The van der Waals surface area contributed by atoms with Gasteiger partial charge in [0.05, 0.1) is 4.90 Å². The maximum atomic E-state index is 12.4. The highest BCUT2D eigenvalue weighted by Gasteiger charge is 2.20. The monoisotopic (exact) mass is 506 g/mol. The van der Waals surface area contributed by atoms with Crippen LogP contribution in [-0.4, -0.2) is 51.2 Å². The first-order chi connectivity index (χ1) is 14.7. The van der Waals surface area contributed by atoms with Gasteiger partial charge in [-0.1, -0.05) is 11.3 Å². The molecular weight excluding hydrogens is 484 g/mol. The van der Waals surface area contributed by atoms with Gasteiger partial charge in [0, 0.05) is 18.7 Å². The number of sulfonamides is 2. The number of benzene rings is 1. The number of ether oxygens (including phenoxy) is 1. The fourth-order valence-corrected chi connectivity index (χ4v) is 4.64. The Labute approximate surface area is 188 Å². The molecule has 176 valence electrons. The van der Waals surface area contributed by atoms with Crippen LogP contribution < -0.4 is 20.5 Å². The summed E-state index contributed by atoms with van der Waals surface area (Å²) in [6.07, 6.45) is -0.663. The minimum absolute atomic E-state index is 0.0235. The molecule has 32 heavy (non-hydrogen) atoms. The van der Waals surface area contributed by atoms with Gasteiger partial charge in [-0.15, -0.1) is 10.2 Å². The molecule has 0 aliphatic heterocycles. The number of anilines is 2. The van der Waals surface area contributed by atoms with Gasteiger partial charge >= 0.3 is 6.09 Å². The van der Waals surface area contributed by atoms with Crippen molar-refractivity contribution >= 4 is 54.2 Å². The Morgan fingerprint density at radius 3 is 2.25 bits per heavy atom. The summed E-state index contributed by atoms with van der Waals surface area (Å²) in [5.74, 6) is -0.404. The fraction of sp³-hybridized carbons (Fsp3) is 0.375. The SMILES string of the molecule is CC(C)(C)OC(=O)NCCC(=O)Nc1ccc(S(=O)(=O)Nc2nnc(S(N)(=O)=O)s2)cc1. The van der Waals surface area contributed by atoms with Crippen LogP contribution in [0.1, 0.15) is 27.2 Å². The van der Waals surface area contributed by atoms with Crippen LogP contribution in [0.5, 0.6) is 0 Å². The summed E-state index contributed by atoms with van der Waals surface area (Å²) >= 11 is 0.464. The number of amides is 2. The molecule has 2 aromatic rings. The average Bonchev–Trinajstić information content (AvgIpc) is 3.09. The van der Waals surface area contributed by atoms with Crippen LogP contribution in [0.25, 0.3) is 0 Å². The van der Waals surface area contributed by atoms with Crippen LogP contribution in [0, 0.1) is 0 Å². The van der Waals surface area contributed by atoms with E-state index < -0.39 is 42.0 Å². The molecule has 0 atom stereocenters. The van der Waals surface area contributed by atoms with Crippen LogP contribution in [0.2, 0.25) is 0 Å². The topological polar surface area (TPSA) is 200 Å². The van der Waals surface area contributed by atoms with Crippen molar-refractivity contribution in [1.29, 1.82) is 0 Å². The van der Waals surface area contributed by atoms with E-state index in [2.05, 4.69) is 25.6 Å². The summed E-state index contributed by atoms with van der Waals surface area (Å²) in [5, 5.41) is 16.4. The molecular formula is C16H22N6O7S3. The molecule has 5 N–H and O–H groups in total. The van der Waals surface area contributed by atoms with Gasteiger partial charge in [-0.05, 0) is 45.0 Å². The quantitative estimate of drug-likeness (QED) is 0.400. The van der Waals surface area contributed by atoms with Crippen molar-refractivity contribution in [2.24, 2.45) is 5.14 Å². The van der Waals surface area contributed by atoms with E-state index in [-0.39, 0.29) is 23.0 Å². The predicted octanol–water partition coefficient (Wildman–Crippen LogP) is 0.840. The molecule has 2 amide bonds. The molecule has 0 saturated heterocycles. The summed E-state index contributed by atoms with van der Waals surface area (Å²) in [7, 11) is -8.18. The molecule has 0 radical (unpaired) electrons. The molecule has 0 spiro atoms. The van der Waals surface area contributed by atoms with Gasteiger partial charge in [0.2, 0.25) is 15.4 Å². The third kappa shape index (κ3) is 8.03. The Morgan fingerprint density at radius 1 is 1.09 bits per heavy atom. The highest BCUT2D eigenvalue weighted by Crippen LogP contribution is 2.23. The molecule has 0 fully saturated rings.